The Morgan fingerprint density at radius 1 is 1.56 bits per heavy atom. The lowest BCUT2D eigenvalue weighted by Gasteiger charge is -2.39. The first-order valence-corrected chi connectivity index (χ1v) is 6.64. The second-order valence-corrected chi connectivity index (χ2v) is 5.35. The van der Waals surface area contributed by atoms with E-state index in [2.05, 4.69) is 24.8 Å². The summed E-state index contributed by atoms with van der Waals surface area (Å²) in [5.74, 6) is 1.64. The zero-order valence-electron chi connectivity index (χ0n) is 10.7. The van der Waals surface area contributed by atoms with Gasteiger partial charge in [-0.3, -0.25) is 4.79 Å². The molecule has 0 aromatic rings. The van der Waals surface area contributed by atoms with Crippen molar-refractivity contribution in [2.75, 3.05) is 6.54 Å². The number of hydrogen-bond donors (Lipinski definition) is 0. The minimum Gasteiger partial charge on any atom is -0.339 e. The summed E-state index contributed by atoms with van der Waals surface area (Å²) >= 11 is 0. The van der Waals surface area contributed by atoms with Crippen molar-refractivity contribution in [2.45, 2.75) is 52.5 Å². The Kier molecular flexibility index (Phi) is 3.36. The summed E-state index contributed by atoms with van der Waals surface area (Å²) in [5.41, 5.74) is 1.60. The molecule has 16 heavy (non-hydrogen) atoms. The number of piperidine rings is 1. The highest BCUT2D eigenvalue weighted by atomic mass is 16.2. The third kappa shape index (κ3) is 1.90. The molecular formula is C14H23NO. The normalized spacial score (nSPS) is 29.2. The van der Waals surface area contributed by atoms with E-state index < -0.39 is 0 Å². The second kappa shape index (κ2) is 4.60. The van der Waals surface area contributed by atoms with Crippen LogP contribution < -0.4 is 0 Å². The first-order chi connectivity index (χ1) is 7.65. The zero-order valence-corrected chi connectivity index (χ0v) is 10.7. The maximum atomic E-state index is 11.9. The molecule has 0 aromatic carbocycles. The maximum absolute atomic E-state index is 11.9. The van der Waals surface area contributed by atoms with Gasteiger partial charge in [-0.15, -0.1) is 0 Å². The fraction of sp³-hybridized carbons (Fsp3) is 0.786. The van der Waals surface area contributed by atoms with Gasteiger partial charge in [-0.05, 0) is 25.2 Å². The van der Waals surface area contributed by atoms with Crippen LogP contribution in [0.3, 0.4) is 0 Å². The van der Waals surface area contributed by atoms with Crippen LogP contribution >= 0.6 is 0 Å². The number of fused-ring (bicyclic) bond motifs is 1. The summed E-state index contributed by atoms with van der Waals surface area (Å²) in [5, 5.41) is 0. The molecule has 2 nitrogen and oxygen atoms in total. The van der Waals surface area contributed by atoms with Crippen LogP contribution in [0, 0.1) is 11.8 Å². The Morgan fingerprint density at radius 3 is 2.94 bits per heavy atom. The highest BCUT2D eigenvalue weighted by Gasteiger charge is 2.38. The molecule has 90 valence electrons. The topological polar surface area (TPSA) is 20.3 Å². The zero-order chi connectivity index (χ0) is 11.7. The van der Waals surface area contributed by atoms with Gasteiger partial charge >= 0.3 is 0 Å². The van der Waals surface area contributed by atoms with Crippen molar-refractivity contribution < 1.29 is 4.79 Å². The number of carbonyl (C=O) groups is 1. The summed E-state index contributed by atoms with van der Waals surface area (Å²) in [4.78, 5) is 14.0. The van der Waals surface area contributed by atoms with Crippen molar-refractivity contribution in [2.24, 2.45) is 11.8 Å². The monoisotopic (exact) mass is 221 g/mol. The molecule has 2 heteroatoms. The Bertz CT molecular complexity index is 306. The Balaban J connectivity index is 2.12. The van der Waals surface area contributed by atoms with Crippen LogP contribution in [-0.4, -0.2) is 23.4 Å². The van der Waals surface area contributed by atoms with E-state index in [9.17, 15) is 4.79 Å². The molecule has 1 aliphatic heterocycles. The number of likely N-dealkylation sites (tertiary alicyclic amines) is 1. The van der Waals surface area contributed by atoms with Gasteiger partial charge < -0.3 is 4.90 Å². The van der Waals surface area contributed by atoms with Gasteiger partial charge in [0.15, 0.2) is 0 Å². The molecule has 1 saturated heterocycles. The number of amides is 1. The van der Waals surface area contributed by atoms with Crippen molar-refractivity contribution in [3.8, 4) is 0 Å². The van der Waals surface area contributed by atoms with Gasteiger partial charge in [-0.1, -0.05) is 32.4 Å². The second-order valence-electron chi connectivity index (χ2n) is 5.35. The summed E-state index contributed by atoms with van der Waals surface area (Å²) < 4.78 is 0. The van der Waals surface area contributed by atoms with E-state index in [1.807, 2.05) is 6.92 Å². The largest absolute Gasteiger partial charge is 0.339 e. The highest BCUT2D eigenvalue weighted by Crippen LogP contribution is 2.40. The summed E-state index contributed by atoms with van der Waals surface area (Å²) in [6.45, 7) is 7.49. The van der Waals surface area contributed by atoms with E-state index in [1.54, 1.807) is 5.57 Å². The van der Waals surface area contributed by atoms with Crippen molar-refractivity contribution in [1.29, 1.82) is 0 Å². The number of carbonyl (C=O) groups excluding carboxylic acids is 1. The van der Waals surface area contributed by atoms with Gasteiger partial charge in [0, 0.05) is 24.9 Å². The maximum Gasteiger partial charge on any atom is 0.222 e. The Labute approximate surface area is 98.7 Å². The van der Waals surface area contributed by atoms with E-state index in [1.165, 1.54) is 12.8 Å². The molecule has 0 radical (unpaired) electrons. The van der Waals surface area contributed by atoms with Crippen LogP contribution in [0.1, 0.15) is 46.5 Å². The first kappa shape index (κ1) is 11.7. The predicted octanol–water partition coefficient (Wildman–Crippen LogP) is 2.99. The number of hydrogen-bond acceptors (Lipinski definition) is 1. The molecule has 2 rings (SSSR count). The minimum absolute atomic E-state index is 0.341. The molecule has 0 aromatic heterocycles. The lowest BCUT2D eigenvalue weighted by atomic mass is 9.83. The van der Waals surface area contributed by atoms with Crippen molar-refractivity contribution in [3.63, 3.8) is 0 Å². The SMILES string of the molecule is CCC(=O)N1CCCC2C(C(C)C)=CCC21. The predicted molar refractivity (Wildman–Crippen MR) is 66.1 cm³/mol. The smallest absolute Gasteiger partial charge is 0.222 e. The van der Waals surface area contributed by atoms with Crippen LogP contribution in [0.5, 0.6) is 0 Å². The van der Waals surface area contributed by atoms with Crippen LogP contribution in [0.15, 0.2) is 11.6 Å². The summed E-state index contributed by atoms with van der Waals surface area (Å²) in [6, 6.07) is 0.485. The summed E-state index contributed by atoms with van der Waals surface area (Å²) in [6.07, 6.45) is 6.59. The standard InChI is InChI=1S/C14H23NO/c1-4-14(16)15-9-5-6-12-11(10(2)3)7-8-13(12)15/h7,10,12-13H,4-6,8-9H2,1-3H3. The third-order valence-electron chi connectivity index (χ3n) is 4.09. The van der Waals surface area contributed by atoms with Gasteiger partial charge in [0.1, 0.15) is 0 Å². The molecule has 1 amide bonds. The van der Waals surface area contributed by atoms with Crippen LogP contribution in [-0.2, 0) is 4.79 Å². The average Bonchev–Trinajstić information content (AvgIpc) is 2.71. The molecule has 1 aliphatic carbocycles. The molecule has 0 bridgehead atoms. The molecule has 1 heterocycles. The molecule has 0 N–H and O–H groups in total. The van der Waals surface area contributed by atoms with E-state index in [4.69, 9.17) is 0 Å². The van der Waals surface area contributed by atoms with Gasteiger partial charge in [-0.2, -0.15) is 0 Å². The molecule has 0 spiro atoms. The molecule has 2 atom stereocenters. The van der Waals surface area contributed by atoms with E-state index in [0.29, 0.717) is 30.2 Å². The van der Waals surface area contributed by atoms with Crippen molar-refractivity contribution in [1.82, 2.24) is 4.90 Å². The molecule has 0 saturated carbocycles. The fourth-order valence-corrected chi connectivity index (χ4v) is 3.32. The van der Waals surface area contributed by atoms with Crippen LogP contribution in [0.25, 0.3) is 0 Å². The molecule has 2 aliphatic rings. The van der Waals surface area contributed by atoms with Gasteiger partial charge in [0.25, 0.3) is 0 Å². The summed E-state index contributed by atoms with van der Waals surface area (Å²) in [7, 11) is 0. The minimum atomic E-state index is 0.341. The Morgan fingerprint density at radius 2 is 2.31 bits per heavy atom. The van der Waals surface area contributed by atoms with E-state index >= 15 is 0 Å². The van der Waals surface area contributed by atoms with Crippen molar-refractivity contribution >= 4 is 5.91 Å². The van der Waals surface area contributed by atoms with Crippen molar-refractivity contribution in [3.05, 3.63) is 11.6 Å². The first-order valence-electron chi connectivity index (χ1n) is 6.64. The average molecular weight is 221 g/mol. The lowest BCUT2D eigenvalue weighted by Crippen LogP contribution is -2.47. The van der Waals surface area contributed by atoms with E-state index in [-0.39, 0.29) is 0 Å². The lowest BCUT2D eigenvalue weighted by molar-refractivity contribution is -0.135. The number of nitrogens with zero attached hydrogens (tertiary/aromatic N) is 1. The van der Waals surface area contributed by atoms with Gasteiger partial charge in [0.2, 0.25) is 5.91 Å². The van der Waals surface area contributed by atoms with Gasteiger partial charge in [0.05, 0.1) is 0 Å². The fourth-order valence-electron chi connectivity index (χ4n) is 3.32. The quantitative estimate of drug-likeness (QED) is 0.656. The molecule has 2 unspecified atom stereocenters. The van der Waals surface area contributed by atoms with Gasteiger partial charge in [-0.25, -0.2) is 0 Å². The van der Waals surface area contributed by atoms with Crippen LogP contribution in [0.4, 0.5) is 0 Å². The molecule has 1 fully saturated rings. The highest BCUT2D eigenvalue weighted by molar-refractivity contribution is 5.76. The Hall–Kier alpha value is -0.790. The van der Waals surface area contributed by atoms with E-state index in [0.717, 1.165) is 13.0 Å². The van der Waals surface area contributed by atoms with Crippen LogP contribution in [0.2, 0.25) is 0 Å². The number of rotatable bonds is 2. The third-order valence-corrected chi connectivity index (χ3v) is 4.09. The molecular weight excluding hydrogens is 198 g/mol.